The molecule has 1 aromatic carbocycles. The number of hydrogen-bond acceptors (Lipinski definition) is 4. The van der Waals surface area contributed by atoms with Gasteiger partial charge in [-0.05, 0) is 17.7 Å². The number of hydrogen-bond donors (Lipinski definition) is 0. The fourth-order valence-electron chi connectivity index (χ4n) is 1.03. The molecule has 4 heteroatoms. The summed E-state index contributed by atoms with van der Waals surface area (Å²) in [5, 5.41) is 0. The van der Waals surface area contributed by atoms with Crippen molar-refractivity contribution >= 4 is 23.9 Å². The zero-order valence-corrected chi connectivity index (χ0v) is 7.88. The number of nitrogens with zero attached hydrogens (tertiary/aromatic N) is 2. The Hall–Kier alpha value is -2.28. The third kappa shape index (κ3) is 3.96. The summed E-state index contributed by atoms with van der Waals surface area (Å²) in [6.07, 6.45) is 6.41. The van der Waals surface area contributed by atoms with Crippen LogP contribution in [0.5, 0.6) is 0 Å². The van der Waals surface area contributed by atoms with Crippen LogP contribution in [0.3, 0.4) is 0 Å². The monoisotopic (exact) mass is 200 g/mol. The molecule has 0 spiro atoms. The average Bonchev–Trinajstić information content (AvgIpc) is 2.26. The number of benzene rings is 1. The van der Waals surface area contributed by atoms with E-state index in [0.717, 1.165) is 5.56 Å². The molecule has 0 fully saturated rings. The van der Waals surface area contributed by atoms with Gasteiger partial charge in [0.05, 0.1) is 12.2 Å². The topological polar surface area (TPSA) is 58.9 Å². The maximum absolute atomic E-state index is 10.0. The lowest BCUT2D eigenvalue weighted by atomic mass is 10.2. The van der Waals surface area contributed by atoms with E-state index < -0.39 is 0 Å². The second-order valence-corrected chi connectivity index (χ2v) is 2.63. The summed E-state index contributed by atoms with van der Waals surface area (Å²) >= 11 is 0. The average molecular weight is 200 g/mol. The highest BCUT2D eigenvalue weighted by atomic mass is 16.1. The summed E-state index contributed by atoms with van der Waals surface area (Å²) in [6.45, 7) is 0.296. The van der Waals surface area contributed by atoms with Crippen molar-refractivity contribution in [1.29, 1.82) is 0 Å². The van der Waals surface area contributed by atoms with Gasteiger partial charge in [-0.1, -0.05) is 24.3 Å². The third-order valence-electron chi connectivity index (χ3n) is 1.62. The number of isocyanates is 2. The Labute approximate surface area is 86.7 Å². The predicted octanol–water partition coefficient (Wildman–Crippen LogP) is 2.00. The van der Waals surface area contributed by atoms with Gasteiger partial charge in [-0.3, -0.25) is 0 Å². The molecule has 0 radical (unpaired) electrons. The predicted molar refractivity (Wildman–Crippen MR) is 56.2 cm³/mol. The molecule has 4 nitrogen and oxygen atoms in total. The van der Waals surface area contributed by atoms with Crippen LogP contribution in [0.25, 0.3) is 6.08 Å². The van der Waals surface area contributed by atoms with Crippen LogP contribution in [0.4, 0.5) is 5.69 Å². The van der Waals surface area contributed by atoms with Gasteiger partial charge in [-0.25, -0.2) is 14.6 Å². The standard InChI is InChI=1S/C11H8N2O2/c14-8-12-6-2-4-10-3-1-5-11(7-10)13-9-15/h1-5,7H,6H2. The Morgan fingerprint density at radius 3 is 2.87 bits per heavy atom. The van der Waals surface area contributed by atoms with E-state index in [1.165, 1.54) is 12.2 Å². The molecule has 0 atom stereocenters. The first-order chi connectivity index (χ1) is 7.36. The van der Waals surface area contributed by atoms with Gasteiger partial charge in [0, 0.05) is 0 Å². The Bertz CT molecular complexity index is 453. The van der Waals surface area contributed by atoms with Crippen LogP contribution in [0.1, 0.15) is 5.56 Å². The van der Waals surface area contributed by atoms with Crippen molar-refractivity contribution in [3.05, 3.63) is 35.9 Å². The van der Waals surface area contributed by atoms with Crippen LogP contribution in [0.2, 0.25) is 0 Å². The molecule has 15 heavy (non-hydrogen) atoms. The molecule has 1 aromatic rings. The molecule has 0 aliphatic heterocycles. The third-order valence-corrected chi connectivity index (χ3v) is 1.62. The molecule has 0 aliphatic carbocycles. The zero-order chi connectivity index (χ0) is 10.9. The van der Waals surface area contributed by atoms with Crippen LogP contribution in [0.15, 0.2) is 40.3 Å². The first kappa shape index (κ1) is 10.8. The van der Waals surface area contributed by atoms with Gasteiger partial charge in [0.1, 0.15) is 0 Å². The van der Waals surface area contributed by atoms with Crippen molar-refractivity contribution in [2.45, 2.75) is 0 Å². The van der Waals surface area contributed by atoms with Gasteiger partial charge < -0.3 is 0 Å². The van der Waals surface area contributed by atoms with E-state index in [9.17, 15) is 9.59 Å². The summed E-state index contributed by atoms with van der Waals surface area (Å²) in [5.74, 6) is 0. The maximum Gasteiger partial charge on any atom is 0.240 e. The minimum absolute atomic E-state index is 0.296. The van der Waals surface area contributed by atoms with Gasteiger partial charge in [-0.2, -0.15) is 4.99 Å². The lowest BCUT2D eigenvalue weighted by Gasteiger charge is -1.93. The molecule has 0 unspecified atom stereocenters. The molecule has 0 aliphatic rings. The smallest absolute Gasteiger partial charge is 0.211 e. The van der Waals surface area contributed by atoms with Gasteiger partial charge in [0.25, 0.3) is 0 Å². The van der Waals surface area contributed by atoms with Crippen LogP contribution in [-0.4, -0.2) is 18.7 Å². The van der Waals surface area contributed by atoms with Crippen LogP contribution < -0.4 is 0 Å². The van der Waals surface area contributed by atoms with E-state index in [0.29, 0.717) is 12.2 Å². The molecule has 0 aromatic heterocycles. The molecule has 74 valence electrons. The molecule has 1 rings (SSSR count). The fourth-order valence-corrected chi connectivity index (χ4v) is 1.03. The maximum atomic E-state index is 10.0. The largest absolute Gasteiger partial charge is 0.240 e. The Kier molecular flexibility index (Phi) is 4.47. The summed E-state index contributed by atoms with van der Waals surface area (Å²) in [6, 6.07) is 7.06. The molecular formula is C11H8N2O2. The molecule has 0 N–H and O–H groups in total. The normalized spacial score (nSPS) is 9.33. The SMILES string of the molecule is O=C=NCC=Cc1cccc(N=C=O)c1. The minimum atomic E-state index is 0.296. The highest BCUT2D eigenvalue weighted by Gasteiger charge is 1.89. The van der Waals surface area contributed by atoms with Crippen LogP contribution in [-0.2, 0) is 9.59 Å². The summed E-state index contributed by atoms with van der Waals surface area (Å²) in [7, 11) is 0. The zero-order valence-electron chi connectivity index (χ0n) is 7.88. The van der Waals surface area contributed by atoms with E-state index in [1.807, 2.05) is 6.07 Å². The molecule has 0 heterocycles. The molecule has 0 saturated heterocycles. The van der Waals surface area contributed by atoms with Gasteiger partial charge in [0.15, 0.2) is 0 Å². The highest BCUT2D eigenvalue weighted by molar-refractivity contribution is 5.58. The number of carbonyl (C=O) groups excluding carboxylic acids is 2. The second-order valence-electron chi connectivity index (χ2n) is 2.63. The lowest BCUT2D eigenvalue weighted by molar-refractivity contribution is 0.563. The number of aliphatic imine (C=N–C) groups is 2. The summed E-state index contributed by atoms with van der Waals surface area (Å²) in [4.78, 5) is 26.6. The Morgan fingerprint density at radius 1 is 1.27 bits per heavy atom. The lowest BCUT2D eigenvalue weighted by Crippen LogP contribution is -1.73. The highest BCUT2D eigenvalue weighted by Crippen LogP contribution is 2.14. The Morgan fingerprint density at radius 2 is 2.13 bits per heavy atom. The molecular weight excluding hydrogens is 192 g/mol. The van der Waals surface area contributed by atoms with Crippen molar-refractivity contribution < 1.29 is 9.59 Å². The minimum Gasteiger partial charge on any atom is -0.211 e. The van der Waals surface area contributed by atoms with Gasteiger partial charge in [0.2, 0.25) is 12.2 Å². The molecule has 0 saturated carbocycles. The van der Waals surface area contributed by atoms with Crippen molar-refractivity contribution in [3.8, 4) is 0 Å². The van der Waals surface area contributed by atoms with Gasteiger partial charge in [-0.15, -0.1) is 0 Å². The molecule has 0 bridgehead atoms. The number of rotatable bonds is 4. The second kappa shape index (κ2) is 6.22. The van der Waals surface area contributed by atoms with E-state index in [-0.39, 0.29) is 0 Å². The first-order valence-corrected chi connectivity index (χ1v) is 4.25. The first-order valence-electron chi connectivity index (χ1n) is 4.25. The van der Waals surface area contributed by atoms with E-state index >= 15 is 0 Å². The van der Waals surface area contributed by atoms with E-state index in [4.69, 9.17) is 0 Å². The van der Waals surface area contributed by atoms with Crippen molar-refractivity contribution in [2.24, 2.45) is 9.98 Å². The summed E-state index contributed by atoms with van der Waals surface area (Å²) < 4.78 is 0. The van der Waals surface area contributed by atoms with Crippen LogP contribution >= 0.6 is 0 Å². The quantitative estimate of drug-likeness (QED) is 0.551. The Balaban J connectivity index is 2.77. The molecule has 0 amide bonds. The fraction of sp³-hybridized carbons (Fsp3) is 0.0909. The van der Waals surface area contributed by atoms with E-state index in [1.54, 1.807) is 30.4 Å². The van der Waals surface area contributed by atoms with Crippen molar-refractivity contribution in [1.82, 2.24) is 0 Å². The van der Waals surface area contributed by atoms with Crippen LogP contribution in [0, 0.1) is 0 Å². The van der Waals surface area contributed by atoms with Crippen molar-refractivity contribution in [2.75, 3.05) is 6.54 Å². The van der Waals surface area contributed by atoms with E-state index in [2.05, 4.69) is 9.98 Å². The summed E-state index contributed by atoms with van der Waals surface area (Å²) in [5.41, 5.74) is 1.43. The van der Waals surface area contributed by atoms with Crippen molar-refractivity contribution in [3.63, 3.8) is 0 Å². The van der Waals surface area contributed by atoms with Gasteiger partial charge >= 0.3 is 0 Å².